The Morgan fingerprint density at radius 1 is 1.15 bits per heavy atom. The molecule has 2 fully saturated rings. The molecule has 0 radical (unpaired) electrons. The van der Waals surface area contributed by atoms with Gasteiger partial charge in [-0.05, 0) is 39.5 Å². The molecule has 0 saturated carbocycles. The van der Waals surface area contributed by atoms with E-state index < -0.39 is 0 Å². The van der Waals surface area contributed by atoms with Gasteiger partial charge in [-0.25, -0.2) is 0 Å². The number of hydrogen-bond donors (Lipinski definition) is 1. The van der Waals surface area contributed by atoms with Crippen LogP contribution in [0.5, 0.6) is 0 Å². The summed E-state index contributed by atoms with van der Waals surface area (Å²) in [6.07, 6.45) is 7.20. The Bertz CT molecular complexity index is 453. The highest BCUT2D eigenvalue weighted by atomic mass is 16.5. The van der Waals surface area contributed by atoms with Gasteiger partial charge in [-0.3, -0.25) is 9.79 Å². The molecule has 156 valence electrons. The summed E-state index contributed by atoms with van der Waals surface area (Å²) in [5, 5.41) is 3.41. The molecule has 2 unspecified atom stereocenters. The van der Waals surface area contributed by atoms with Crippen molar-refractivity contribution in [3.8, 4) is 0 Å². The van der Waals surface area contributed by atoms with Crippen LogP contribution >= 0.6 is 0 Å². The van der Waals surface area contributed by atoms with Crippen molar-refractivity contribution < 1.29 is 19.0 Å². The van der Waals surface area contributed by atoms with Crippen LogP contribution in [0.15, 0.2) is 4.99 Å². The number of hydrogen-bond acceptors (Lipinski definition) is 5. The number of aliphatic imine (C=N–C) groups is 1. The molecule has 2 rings (SSSR count). The van der Waals surface area contributed by atoms with E-state index in [1.807, 2.05) is 6.92 Å². The molecule has 2 aliphatic heterocycles. The number of esters is 1. The maximum atomic E-state index is 11.3. The first kappa shape index (κ1) is 22.0. The molecular formula is C20H37N3O4. The van der Waals surface area contributed by atoms with Gasteiger partial charge in [0.2, 0.25) is 0 Å². The zero-order chi connectivity index (χ0) is 19.3. The minimum absolute atomic E-state index is 0.0851. The van der Waals surface area contributed by atoms with E-state index in [-0.39, 0.29) is 18.2 Å². The normalized spacial score (nSPS) is 23.5. The predicted octanol–water partition coefficient (Wildman–Crippen LogP) is 2.35. The Labute approximate surface area is 163 Å². The van der Waals surface area contributed by atoms with Crippen LogP contribution in [0.25, 0.3) is 0 Å². The average Bonchev–Trinajstić information content (AvgIpc) is 3.21. The van der Waals surface area contributed by atoms with E-state index in [9.17, 15) is 4.79 Å². The van der Waals surface area contributed by atoms with Gasteiger partial charge in [0.05, 0.1) is 19.3 Å². The summed E-state index contributed by atoms with van der Waals surface area (Å²) in [5.74, 6) is 0.897. The molecule has 0 aromatic heterocycles. The number of carbonyl (C=O) groups excluding carboxylic acids is 1. The molecule has 2 aliphatic rings. The van der Waals surface area contributed by atoms with E-state index in [4.69, 9.17) is 19.2 Å². The second kappa shape index (κ2) is 12.9. The van der Waals surface area contributed by atoms with Crippen molar-refractivity contribution in [3.05, 3.63) is 0 Å². The van der Waals surface area contributed by atoms with E-state index in [1.165, 1.54) is 0 Å². The molecule has 0 aromatic rings. The summed E-state index contributed by atoms with van der Waals surface area (Å²) < 4.78 is 16.7. The number of guanidine groups is 1. The summed E-state index contributed by atoms with van der Waals surface area (Å²) in [6, 6.07) is 0. The van der Waals surface area contributed by atoms with Crippen LogP contribution in [-0.2, 0) is 19.0 Å². The Hall–Kier alpha value is -1.34. The van der Waals surface area contributed by atoms with Crippen LogP contribution in [0.1, 0.15) is 58.8 Å². The molecule has 0 spiro atoms. The van der Waals surface area contributed by atoms with Gasteiger partial charge in [0, 0.05) is 39.2 Å². The summed E-state index contributed by atoms with van der Waals surface area (Å²) in [7, 11) is 0. The van der Waals surface area contributed by atoms with Crippen LogP contribution in [0.2, 0.25) is 0 Å². The van der Waals surface area contributed by atoms with Gasteiger partial charge < -0.3 is 24.4 Å². The van der Waals surface area contributed by atoms with Gasteiger partial charge in [0.1, 0.15) is 6.10 Å². The third-order valence-corrected chi connectivity index (χ3v) is 4.96. The Kier molecular flexibility index (Phi) is 10.5. The van der Waals surface area contributed by atoms with Crippen LogP contribution in [0, 0.1) is 0 Å². The molecule has 7 nitrogen and oxygen atoms in total. The van der Waals surface area contributed by atoms with Crippen molar-refractivity contribution in [2.45, 2.75) is 71.0 Å². The van der Waals surface area contributed by atoms with E-state index in [2.05, 4.69) is 17.1 Å². The van der Waals surface area contributed by atoms with Crippen molar-refractivity contribution in [3.63, 3.8) is 0 Å². The predicted molar refractivity (Wildman–Crippen MR) is 106 cm³/mol. The van der Waals surface area contributed by atoms with Gasteiger partial charge >= 0.3 is 5.97 Å². The number of unbranched alkanes of at least 4 members (excludes halogenated alkanes) is 3. The van der Waals surface area contributed by atoms with E-state index in [0.717, 1.165) is 83.9 Å². The van der Waals surface area contributed by atoms with Crippen LogP contribution < -0.4 is 5.32 Å². The molecule has 27 heavy (non-hydrogen) atoms. The number of rotatable bonds is 10. The summed E-state index contributed by atoms with van der Waals surface area (Å²) >= 11 is 0. The molecule has 2 atom stereocenters. The molecule has 0 aromatic carbocycles. The fourth-order valence-electron chi connectivity index (χ4n) is 3.57. The third kappa shape index (κ3) is 8.05. The van der Waals surface area contributed by atoms with Crippen LogP contribution in [0.4, 0.5) is 0 Å². The average molecular weight is 384 g/mol. The maximum Gasteiger partial charge on any atom is 0.305 e. The number of morpholine rings is 1. The Balaban J connectivity index is 1.69. The van der Waals surface area contributed by atoms with Crippen molar-refractivity contribution in [1.82, 2.24) is 10.2 Å². The zero-order valence-electron chi connectivity index (χ0n) is 17.1. The quantitative estimate of drug-likeness (QED) is 0.270. The van der Waals surface area contributed by atoms with Gasteiger partial charge in [-0.1, -0.05) is 12.8 Å². The van der Waals surface area contributed by atoms with Crippen molar-refractivity contribution >= 4 is 11.9 Å². The number of ether oxygens (including phenoxy) is 3. The highest BCUT2D eigenvalue weighted by molar-refractivity contribution is 5.80. The number of nitrogens with zero attached hydrogens (tertiary/aromatic N) is 2. The zero-order valence-corrected chi connectivity index (χ0v) is 17.1. The highest BCUT2D eigenvalue weighted by Gasteiger charge is 2.32. The first-order valence-electron chi connectivity index (χ1n) is 10.7. The van der Waals surface area contributed by atoms with E-state index in [0.29, 0.717) is 13.0 Å². The molecular weight excluding hydrogens is 346 g/mol. The SMILES string of the molecule is CCNC(=NCCCCCCC(=O)OCC)N1CCOC(C2CCCO2)C1. The standard InChI is InChI=1S/C20H37N3O4/c1-3-21-20(22-12-8-6-5-7-11-19(24)25-4-2)23-13-15-27-18(16-23)17-10-9-14-26-17/h17-18H,3-16H2,1-2H3,(H,21,22). The topological polar surface area (TPSA) is 72.4 Å². The minimum Gasteiger partial charge on any atom is -0.466 e. The fourth-order valence-corrected chi connectivity index (χ4v) is 3.57. The van der Waals surface area contributed by atoms with Gasteiger partial charge in [-0.15, -0.1) is 0 Å². The molecule has 2 heterocycles. The second-order valence-corrected chi connectivity index (χ2v) is 7.11. The van der Waals surface area contributed by atoms with Crippen molar-refractivity contribution in [1.29, 1.82) is 0 Å². The number of nitrogens with one attached hydrogen (secondary N) is 1. The van der Waals surface area contributed by atoms with Crippen molar-refractivity contribution in [2.24, 2.45) is 4.99 Å². The van der Waals surface area contributed by atoms with Gasteiger partial charge in [0.15, 0.2) is 5.96 Å². The van der Waals surface area contributed by atoms with E-state index >= 15 is 0 Å². The molecule has 7 heteroatoms. The Morgan fingerprint density at radius 2 is 1.96 bits per heavy atom. The summed E-state index contributed by atoms with van der Waals surface area (Å²) in [4.78, 5) is 18.4. The van der Waals surface area contributed by atoms with Crippen molar-refractivity contribution in [2.75, 3.05) is 46.0 Å². The smallest absolute Gasteiger partial charge is 0.305 e. The van der Waals surface area contributed by atoms with E-state index in [1.54, 1.807) is 0 Å². The molecule has 0 bridgehead atoms. The molecule has 0 amide bonds. The number of carbonyl (C=O) groups is 1. The monoisotopic (exact) mass is 383 g/mol. The maximum absolute atomic E-state index is 11.3. The van der Waals surface area contributed by atoms with Crippen LogP contribution in [0.3, 0.4) is 0 Å². The lowest BCUT2D eigenvalue weighted by Gasteiger charge is -2.37. The first-order valence-corrected chi connectivity index (χ1v) is 10.7. The molecule has 2 saturated heterocycles. The van der Waals surface area contributed by atoms with Gasteiger partial charge in [-0.2, -0.15) is 0 Å². The fraction of sp³-hybridized carbons (Fsp3) is 0.900. The largest absolute Gasteiger partial charge is 0.466 e. The Morgan fingerprint density at radius 3 is 2.70 bits per heavy atom. The molecule has 1 N–H and O–H groups in total. The first-order chi connectivity index (χ1) is 13.2. The lowest BCUT2D eigenvalue weighted by molar-refractivity contribution is -0.143. The van der Waals surface area contributed by atoms with Gasteiger partial charge in [0.25, 0.3) is 0 Å². The third-order valence-electron chi connectivity index (χ3n) is 4.96. The lowest BCUT2D eigenvalue weighted by Crippen LogP contribution is -2.53. The van der Waals surface area contributed by atoms with Crippen LogP contribution in [-0.4, -0.2) is 75.0 Å². The highest BCUT2D eigenvalue weighted by Crippen LogP contribution is 2.21. The minimum atomic E-state index is -0.0851. The second-order valence-electron chi connectivity index (χ2n) is 7.11. The summed E-state index contributed by atoms with van der Waals surface area (Å²) in [6.45, 7) is 9.38. The summed E-state index contributed by atoms with van der Waals surface area (Å²) in [5.41, 5.74) is 0. The lowest BCUT2D eigenvalue weighted by atomic mass is 10.1. The molecule has 0 aliphatic carbocycles.